The van der Waals surface area contributed by atoms with Gasteiger partial charge in [-0.1, -0.05) is 318 Å². The van der Waals surface area contributed by atoms with Crippen molar-refractivity contribution in [2.24, 2.45) is 11.8 Å². The van der Waals surface area contributed by atoms with Crippen LogP contribution in [0.15, 0.2) is 0 Å². The molecule has 0 amide bonds. The van der Waals surface area contributed by atoms with Crippen LogP contribution in [0, 0.1) is 11.8 Å². The highest BCUT2D eigenvalue weighted by molar-refractivity contribution is 7.47. The zero-order valence-electron chi connectivity index (χ0n) is 59.1. The van der Waals surface area contributed by atoms with E-state index in [2.05, 4.69) is 41.5 Å². The van der Waals surface area contributed by atoms with Gasteiger partial charge in [0.05, 0.1) is 26.4 Å². The second kappa shape index (κ2) is 64.1. The highest BCUT2D eigenvalue weighted by Gasteiger charge is 2.30. The third-order valence-electron chi connectivity index (χ3n) is 17.1. The second-order valence-corrected chi connectivity index (χ2v) is 29.6. The number of rotatable bonds is 71. The van der Waals surface area contributed by atoms with Gasteiger partial charge in [0.25, 0.3) is 0 Å². The van der Waals surface area contributed by atoms with Crippen LogP contribution >= 0.6 is 15.6 Å². The topological polar surface area (TPSA) is 237 Å². The average molecular weight is 1340 g/mol. The number of hydrogen-bond acceptors (Lipinski definition) is 15. The number of phosphoric ester groups is 2. The number of aliphatic hydroxyl groups is 1. The van der Waals surface area contributed by atoms with Crippen LogP contribution in [0.4, 0.5) is 0 Å². The molecule has 3 unspecified atom stereocenters. The van der Waals surface area contributed by atoms with Crippen LogP contribution in [0.25, 0.3) is 0 Å². The van der Waals surface area contributed by atoms with Crippen molar-refractivity contribution in [2.75, 3.05) is 39.6 Å². The van der Waals surface area contributed by atoms with E-state index < -0.39 is 97.5 Å². The molecule has 0 aromatic heterocycles. The first-order valence-electron chi connectivity index (χ1n) is 37.5. The number of esters is 4. The van der Waals surface area contributed by atoms with Gasteiger partial charge in [-0.25, -0.2) is 9.13 Å². The summed E-state index contributed by atoms with van der Waals surface area (Å²) in [4.78, 5) is 72.6. The van der Waals surface area contributed by atoms with Gasteiger partial charge in [0.1, 0.15) is 19.3 Å². The Labute approximate surface area is 556 Å². The van der Waals surface area contributed by atoms with Gasteiger partial charge in [-0.05, 0) is 37.5 Å². The number of phosphoric acid groups is 2. The van der Waals surface area contributed by atoms with E-state index in [1.807, 2.05) is 0 Å². The van der Waals surface area contributed by atoms with Crippen molar-refractivity contribution < 1.29 is 80.2 Å². The predicted octanol–water partition coefficient (Wildman–Crippen LogP) is 20.8. The molecular formula is C72H140O17P2. The molecule has 0 saturated heterocycles. The molecule has 19 heteroatoms. The van der Waals surface area contributed by atoms with E-state index in [9.17, 15) is 43.2 Å². The van der Waals surface area contributed by atoms with Gasteiger partial charge in [-0.15, -0.1) is 0 Å². The highest BCUT2D eigenvalue weighted by Crippen LogP contribution is 2.45. The smallest absolute Gasteiger partial charge is 0.462 e. The Morgan fingerprint density at radius 1 is 0.319 bits per heavy atom. The number of ether oxygens (including phenoxy) is 4. The quantitative estimate of drug-likeness (QED) is 0.0222. The van der Waals surface area contributed by atoms with Gasteiger partial charge in [-0.3, -0.25) is 37.3 Å². The van der Waals surface area contributed by atoms with Crippen molar-refractivity contribution >= 4 is 39.5 Å². The Hall–Kier alpha value is -1.94. The third-order valence-corrected chi connectivity index (χ3v) is 19.0. The summed E-state index contributed by atoms with van der Waals surface area (Å²) >= 11 is 0. The summed E-state index contributed by atoms with van der Waals surface area (Å²) in [5.41, 5.74) is 0. The summed E-state index contributed by atoms with van der Waals surface area (Å²) in [6, 6.07) is 0. The predicted molar refractivity (Wildman–Crippen MR) is 368 cm³/mol. The SMILES string of the molecule is CCCCCCCCCCCCCCCCCCCC(=O)O[C@H](COC(=O)CCCCCCCCCCCCC(C)CC)COP(=O)(O)OC[C@@H](O)COP(=O)(O)OC[C@@H](COC(=O)CCCCCCCCCCC)OC(=O)CCCCCCCCCCC(C)C. The molecular weight excluding hydrogens is 1200 g/mol. The Balaban J connectivity index is 5.23. The Bertz CT molecular complexity index is 1770. The van der Waals surface area contributed by atoms with Crippen molar-refractivity contribution in [1.29, 1.82) is 0 Å². The minimum absolute atomic E-state index is 0.105. The number of carbonyl (C=O) groups excluding carboxylic acids is 4. The Morgan fingerprint density at radius 3 is 0.835 bits per heavy atom. The molecule has 17 nitrogen and oxygen atoms in total. The van der Waals surface area contributed by atoms with Crippen LogP contribution in [0.2, 0.25) is 0 Å². The molecule has 0 bridgehead atoms. The van der Waals surface area contributed by atoms with Crippen molar-refractivity contribution in [3.63, 3.8) is 0 Å². The van der Waals surface area contributed by atoms with Crippen LogP contribution < -0.4 is 0 Å². The molecule has 91 heavy (non-hydrogen) atoms. The maximum Gasteiger partial charge on any atom is 0.472 e. The molecule has 0 aliphatic rings. The first-order valence-corrected chi connectivity index (χ1v) is 40.5. The lowest BCUT2D eigenvalue weighted by Crippen LogP contribution is -2.30. The molecule has 6 atom stereocenters. The van der Waals surface area contributed by atoms with E-state index in [1.54, 1.807) is 0 Å². The summed E-state index contributed by atoms with van der Waals surface area (Å²) in [6.07, 6.45) is 49.9. The largest absolute Gasteiger partial charge is 0.472 e. The van der Waals surface area contributed by atoms with Gasteiger partial charge in [0.15, 0.2) is 12.2 Å². The molecule has 0 fully saturated rings. The standard InChI is InChI=1S/C72H140O17P2/c1-7-10-12-14-16-18-19-20-21-22-23-24-25-31-38-44-50-56-71(76)88-67(61-83-70(75)55-49-43-37-30-27-26-29-35-41-47-53-65(6)9-3)62-86-90(78,79)84-58-66(73)59-85-91(80,81)87-63-68(60-82-69(74)54-48-42-36-28-17-15-13-11-8-2)89-72(77)57-51-45-39-33-32-34-40-46-52-64(4)5/h64-68,73H,7-63H2,1-6H3,(H,78,79)(H,80,81)/t65?,66-,67-,68-/m1/s1. The molecule has 3 N–H and O–H groups in total. The molecule has 540 valence electrons. The van der Waals surface area contributed by atoms with E-state index >= 15 is 0 Å². The second-order valence-electron chi connectivity index (χ2n) is 26.7. The highest BCUT2D eigenvalue weighted by atomic mass is 31.2. The summed E-state index contributed by atoms with van der Waals surface area (Å²) in [5, 5.41) is 10.6. The molecule has 0 spiro atoms. The molecule has 0 aliphatic carbocycles. The molecule has 0 aliphatic heterocycles. The lowest BCUT2D eigenvalue weighted by atomic mass is 9.99. The first kappa shape index (κ1) is 89.1. The zero-order valence-corrected chi connectivity index (χ0v) is 60.9. The fraction of sp³-hybridized carbons (Fsp3) is 0.944. The van der Waals surface area contributed by atoms with E-state index in [-0.39, 0.29) is 25.7 Å². The first-order chi connectivity index (χ1) is 43.9. The van der Waals surface area contributed by atoms with E-state index in [0.717, 1.165) is 102 Å². The fourth-order valence-corrected chi connectivity index (χ4v) is 12.5. The van der Waals surface area contributed by atoms with Crippen LogP contribution in [0.1, 0.15) is 369 Å². The fourth-order valence-electron chi connectivity index (χ4n) is 10.9. The molecule has 0 radical (unpaired) electrons. The van der Waals surface area contributed by atoms with Crippen LogP contribution in [0.3, 0.4) is 0 Å². The Kier molecular flexibility index (Phi) is 62.7. The molecule has 0 aromatic rings. The average Bonchev–Trinajstić information content (AvgIpc) is 3.40. The minimum atomic E-state index is -4.95. The van der Waals surface area contributed by atoms with E-state index in [4.69, 9.17) is 37.0 Å². The van der Waals surface area contributed by atoms with Gasteiger partial charge < -0.3 is 33.8 Å². The van der Waals surface area contributed by atoms with Crippen LogP contribution in [-0.2, 0) is 65.4 Å². The number of carbonyl (C=O) groups is 4. The van der Waals surface area contributed by atoms with Crippen molar-refractivity contribution in [1.82, 2.24) is 0 Å². The Morgan fingerprint density at radius 2 is 0.560 bits per heavy atom. The summed E-state index contributed by atoms with van der Waals surface area (Å²) in [5.74, 6) is -0.595. The molecule has 0 rings (SSSR count). The zero-order chi connectivity index (χ0) is 67.2. The van der Waals surface area contributed by atoms with Crippen molar-refractivity contribution in [3.05, 3.63) is 0 Å². The minimum Gasteiger partial charge on any atom is -0.462 e. The normalized spacial score (nSPS) is 14.4. The monoisotopic (exact) mass is 1340 g/mol. The third kappa shape index (κ3) is 65.1. The van der Waals surface area contributed by atoms with Crippen LogP contribution in [-0.4, -0.2) is 96.7 Å². The number of hydrogen-bond donors (Lipinski definition) is 3. The van der Waals surface area contributed by atoms with Gasteiger partial charge in [0, 0.05) is 25.7 Å². The van der Waals surface area contributed by atoms with E-state index in [1.165, 1.54) is 186 Å². The van der Waals surface area contributed by atoms with E-state index in [0.29, 0.717) is 25.7 Å². The van der Waals surface area contributed by atoms with Gasteiger partial charge in [-0.2, -0.15) is 0 Å². The van der Waals surface area contributed by atoms with Crippen molar-refractivity contribution in [3.8, 4) is 0 Å². The lowest BCUT2D eigenvalue weighted by Gasteiger charge is -2.21. The molecule has 0 aromatic carbocycles. The van der Waals surface area contributed by atoms with Gasteiger partial charge >= 0.3 is 39.5 Å². The number of unbranched alkanes of at least 4 members (excludes halogenated alkanes) is 40. The van der Waals surface area contributed by atoms with Crippen molar-refractivity contribution in [2.45, 2.75) is 387 Å². The number of aliphatic hydroxyl groups excluding tert-OH is 1. The summed E-state index contributed by atoms with van der Waals surface area (Å²) < 4.78 is 68.3. The maximum atomic E-state index is 13.0. The maximum absolute atomic E-state index is 13.0. The van der Waals surface area contributed by atoms with Crippen LogP contribution in [0.5, 0.6) is 0 Å². The van der Waals surface area contributed by atoms with Gasteiger partial charge in [0.2, 0.25) is 0 Å². The lowest BCUT2D eigenvalue weighted by molar-refractivity contribution is -0.161. The summed E-state index contributed by atoms with van der Waals surface area (Å²) in [6.45, 7) is 9.54. The molecule has 0 saturated carbocycles. The summed E-state index contributed by atoms with van der Waals surface area (Å²) in [7, 11) is -9.90. The molecule has 0 heterocycles.